The number of carbonyl (C=O) groups excluding carboxylic acids is 2. The van der Waals surface area contributed by atoms with Crippen LogP contribution >= 0.6 is 0 Å². The lowest BCUT2D eigenvalue weighted by Gasteiger charge is -2.26. The molecule has 0 aromatic heterocycles. The predicted octanol–water partition coefficient (Wildman–Crippen LogP) is 7.18. The number of hydrogen-bond donors (Lipinski definition) is 0. The van der Waals surface area contributed by atoms with Crippen molar-refractivity contribution < 1.29 is 28.5 Å². The Bertz CT molecular complexity index is 932. The maximum atomic E-state index is 13.4. The van der Waals surface area contributed by atoms with Gasteiger partial charge in [-0.3, -0.25) is 0 Å². The Morgan fingerprint density at radius 2 is 1.08 bits per heavy atom. The third-order valence-electron chi connectivity index (χ3n) is 7.14. The summed E-state index contributed by atoms with van der Waals surface area (Å²) in [7, 11) is 0. The minimum atomic E-state index is -1.20. The molecule has 3 atom stereocenters. The van der Waals surface area contributed by atoms with Crippen LogP contribution in [0.2, 0.25) is 0 Å². The Kier molecular flexibility index (Phi) is 14.7. The molecule has 0 saturated carbocycles. The molecule has 0 spiro atoms. The molecule has 2 aromatic carbocycles. The molecule has 1 aliphatic heterocycles. The molecule has 0 radical (unpaired) electrons. The van der Waals surface area contributed by atoms with Crippen molar-refractivity contribution >= 4 is 11.9 Å². The van der Waals surface area contributed by atoms with E-state index < -0.39 is 24.1 Å². The van der Waals surface area contributed by atoms with Gasteiger partial charge in [-0.1, -0.05) is 125 Å². The van der Waals surface area contributed by atoms with E-state index in [0.717, 1.165) is 43.2 Å². The summed E-state index contributed by atoms with van der Waals surface area (Å²) >= 11 is 0. The maximum absolute atomic E-state index is 13.4. The highest BCUT2D eigenvalue weighted by Gasteiger charge is 2.38. The van der Waals surface area contributed by atoms with Crippen molar-refractivity contribution in [3.63, 3.8) is 0 Å². The van der Waals surface area contributed by atoms with Crippen molar-refractivity contribution in [1.82, 2.24) is 0 Å². The highest BCUT2D eigenvalue weighted by Crippen LogP contribution is 2.19. The average molecular weight is 539 g/mol. The number of hydrogen-bond acceptors (Lipinski definition) is 6. The molecule has 214 valence electrons. The molecular formula is C33H46O6. The van der Waals surface area contributed by atoms with Crippen LogP contribution in [0.4, 0.5) is 0 Å². The summed E-state index contributed by atoms with van der Waals surface area (Å²) in [5, 5.41) is 0. The first-order valence-corrected chi connectivity index (χ1v) is 14.8. The largest absolute Gasteiger partial charge is 0.459 e. The van der Waals surface area contributed by atoms with Crippen LogP contribution in [-0.2, 0) is 41.8 Å². The molecule has 0 bridgehead atoms. The molecular weight excluding hydrogens is 492 g/mol. The first-order valence-electron chi connectivity index (χ1n) is 14.8. The van der Waals surface area contributed by atoms with E-state index in [1.165, 1.54) is 38.5 Å². The van der Waals surface area contributed by atoms with Crippen LogP contribution in [-0.4, -0.2) is 37.4 Å². The van der Waals surface area contributed by atoms with Crippen molar-refractivity contribution in [1.29, 1.82) is 0 Å². The molecule has 3 rings (SSSR count). The molecule has 1 aliphatic rings. The lowest BCUT2D eigenvalue weighted by atomic mass is 10.0. The maximum Gasteiger partial charge on any atom is 0.338 e. The van der Waals surface area contributed by atoms with Gasteiger partial charge in [0.25, 0.3) is 0 Å². The second-order valence-corrected chi connectivity index (χ2v) is 10.7. The van der Waals surface area contributed by atoms with Crippen molar-refractivity contribution in [2.45, 2.75) is 103 Å². The van der Waals surface area contributed by atoms with Gasteiger partial charge >= 0.3 is 11.9 Å². The van der Waals surface area contributed by atoms with Crippen LogP contribution in [0.3, 0.4) is 0 Å². The summed E-state index contributed by atoms with van der Waals surface area (Å²) < 4.78 is 23.4. The van der Waals surface area contributed by atoms with Gasteiger partial charge < -0.3 is 18.9 Å². The summed E-state index contributed by atoms with van der Waals surface area (Å²) in [6, 6.07) is 19.0. The van der Waals surface area contributed by atoms with Crippen LogP contribution in [0.15, 0.2) is 60.7 Å². The molecule has 6 nitrogen and oxygen atoms in total. The number of esters is 2. The lowest BCUT2D eigenvalue weighted by Crippen LogP contribution is -2.46. The summed E-state index contributed by atoms with van der Waals surface area (Å²) in [4.78, 5) is 26.7. The Morgan fingerprint density at radius 1 is 0.641 bits per heavy atom. The van der Waals surface area contributed by atoms with E-state index in [9.17, 15) is 9.59 Å². The SMILES string of the molecule is C[C@@H]1CCCCCCCCCCCCO[C@@H](C(=O)OCc2ccccc2)C(C(=O)OCc2ccccc2)OC1. The molecule has 1 unspecified atom stereocenters. The Labute approximate surface area is 234 Å². The number of ether oxygens (including phenoxy) is 4. The van der Waals surface area contributed by atoms with Gasteiger partial charge in [-0.05, 0) is 29.9 Å². The first kappa shape index (κ1) is 30.8. The van der Waals surface area contributed by atoms with E-state index in [1.54, 1.807) is 0 Å². The Hall–Kier alpha value is -2.70. The second-order valence-electron chi connectivity index (χ2n) is 10.7. The van der Waals surface area contributed by atoms with E-state index in [0.29, 0.717) is 13.2 Å². The van der Waals surface area contributed by atoms with Crippen LogP contribution in [0.1, 0.15) is 88.7 Å². The van der Waals surface area contributed by atoms with E-state index in [2.05, 4.69) is 6.92 Å². The van der Waals surface area contributed by atoms with Crippen LogP contribution in [0.25, 0.3) is 0 Å². The summed E-state index contributed by atoms with van der Waals surface area (Å²) in [6.07, 6.45) is 10.3. The lowest BCUT2D eigenvalue weighted by molar-refractivity contribution is -0.186. The molecule has 6 heteroatoms. The molecule has 0 N–H and O–H groups in total. The van der Waals surface area contributed by atoms with E-state index in [4.69, 9.17) is 18.9 Å². The van der Waals surface area contributed by atoms with Crippen molar-refractivity contribution in [3.05, 3.63) is 71.8 Å². The fraction of sp³-hybridized carbons (Fsp3) is 0.576. The number of rotatable bonds is 6. The first-order chi connectivity index (χ1) is 19.1. The fourth-order valence-corrected chi connectivity index (χ4v) is 4.75. The van der Waals surface area contributed by atoms with E-state index in [1.807, 2.05) is 60.7 Å². The van der Waals surface area contributed by atoms with Crippen molar-refractivity contribution in [3.8, 4) is 0 Å². The standard InChI is InChI=1S/C33H46O6/c1-27-18-12-8-6-4-2-3-5-7-9-17-23-36-30(32(34)38-25-28-19-13-10-14-20-28)31(37-24-27)33(35)39-26-29-21-15-11-16-22-29/h10-11,13-16,19-22,27,30-31H,2-9,12,17-18,23-26H2,1H3/t27-,30-,31?/m1/s1. The zero-order chi connectivity index (χ0) is 27.5. The Morgan fingerprint density at radius 3 is 1.59 bits per heavy atom. The van der Waals surface area contributed by atoms with Crippen LogP contribution in [0, 0.1) is 5.92 Å². The van der Waals surface area contributed by atoms with Gasteiger partial charge in [-0.2, -0.15) is 0 Å². The molecule has 1 saturated heterocycles. The normalized spacial score (nSPS) is 22.6. The molecule has 0 aliphatic carbocycles. The zero-order valence-corrected chi connectivity index (χ0v) is 23.6. The van der Waals surface area contributed by atoms with Crippen molar-refractivity contribution in [2.75, 3.05) is 13.2 Å². The number of benzene rings is 2. The van der Waals surface area contributed by atoms with Gasteiger partial charge in [0.1, 0.15) is 13.2 Å². The third kappa shape index (κ3) is 12.3. The molecule has 0 amide bonds. The monoisotopic (exact) mass is 538 g/mol. The predicted molar refractivity (Wildman–Crippen MR) is 152 cm³/mol. The van der Waals surface area contributed by atoms with Gasteiger partial charge in [0.15, 0.2) is 12.2 Å². The minimum absolute atomic E-state index is 0.0981. The van der Waals surface area contributed by atoms with E-state index >= 15 is 0 Å². The molecule has 1 fully saturated rings. The minimum Gasteiger partial charge on any atom is -0.459 e. The van der Waals surface area contributed by atoms with Gasteiger partial charge in [-0.15, -0.1) is 0 Å². The topological polar surface area (TPSA) is 71.1 Å². The molecule has 39 heavy (non-hydrogen) atoms. The fourth-order valence-electron chi connectivity index (χ4n) is 4.75. The molecule has 2 aromatic rings. The summed E-state index contributed by atoms with van der Waals surface area (Å²) in [5.41, 5.74) is 1.73. The van der Waals surface area contributed by atoms with Gasteiger partial charge in [0.05, 0.1) is 6.61 Å². The quantitative estimate of drug-likeness (QED) is 0.363. The summed E-state index contributed by atoms with van der Waals surface area (Å²) in [5.74, 6) is -0.973. The zero-order valence-electron chi connectivity index (χ0n) is 23.6. The van der Waals surface area contributed by atoms with Gasteiger partial charge in [0.2, 0.25) is 0 Å². The summed E-state index contributed by atoms with van der Waals surface area (Å²) in [6.45, 7) is 3.01. The van der Waals surface area contributed by atoms with Crippen molar-refractivity contribution in [2.24, 2.45) is 5.92 Å². The second kappa shape index (κ2) is 18.6. The Balaban J connectivity index is 1.72. The van der Waals surface area contributed by atoms with Gasteiger partial charge in [-0.25, -0.2) is 9.59 Å². The highest BCUT2D eigenvalue weighted by atomic mass is 16.6. The third-order valence-corrected chi connectivity index (χ3v) is 7.14. The average Bonchev–Trinajstić information content (AvgIpc) is 2.96. The number of carbonyl (C=O) groups is 2. The highest BCUT2D eigenvalue weighted by molar-refractivity contribution is 5.85. The smallest absolute Gasteiger partial charge is 0.338 e. The van der Waals surface area contributed by atoms with Crippen LogP contribution in [0.5, 0.6) is 0 Å². The van der Waals surface area contributed by atoms with Gasteiger partial charge in [0, 0.05) is 6.61 Å². The molecule has 1 heterocycles. The van der Waals surface area contributed by atoms with Crippen LogP contribution < -0.4 is 0 Å². The van der Waals surface area contributed by atoms with E-state index in [-0.39, 0.29) is 19.1 Å².